The van der Waals surface area contributed by atoms with Gasteiger partial charge in [0.15, 0.2) is 0 Å². The molecule has 1 atom stereocenters. The van der Waals surface area contributed by atoms with Crippen LogP contribution in [0.15, 0.2) is 39.8 Å². The first-order valence-corrected chi connectivity index (χ1v) is 12.1. The molecular weight excluding hydrogens is 372 g/mol. The summed E-state index contributed by atoms with van der Waals surface area (Å²) in [6, 6.07) is 9.32. The minimum absolute atomic E-state index is 0.225. The summed E-state index contributed by atoms with van der Waals surface area (Å²) >= 11 is 0. The molecular formula is C22H30N2O3S. The molecule has 1 aromatic heterocycles. The Morgan fingerprint density at radius 2 is 1.82 bits per heavy atom. The third kappa shape index (κ3) is 3.90. The normalized spacial score (nSPS) is 22.0. The average molecular weight is 403 g/mol. The van der Waals surface area contributed by atoms with Crippen LogP contribution < -0.4 is 0 Å². The number of nitrogens with zero attached hydrogens (tertiary/aromatic N) is 2. The quantitative estimate of drug-likeness (QED) is 0.666. The van der Waals surface area contributed by atoms with E-state index in [2.05, 4.69) is 12.1 Å². The van der Waals surface area contributed by atoms with E-state index in [0.29, 0.717) is 17.4 Å². The van der Waals surface area contributed by atoms with Crippen molar-refractivity contribution in [1.29, 1.82) is 0 Å². The molecule has 2 fully saturated rings. The lowest BCUT2D eigenvalue weighted by molar-refractivity contribution is 0.343. The zero-order valence-corrected chi connectivity index (χ0v) is 17.5. The summed E-state index contributed by atoms with van der Waals surface area (Å²) in [4.78, 5) is 0.385. The van der Waals surface area contributed by atoms with Gasteiger partial charge in [-0.25, -0.2) is 8.42 Å². The molecule has 0 spiro atoms. The van der Waals surface area contributed by atoms with Crippen molar-refractivity contribution in [3.05, 3.63) is 47.3 Å². The second-order valence-electron chi connectivity index (χ2n) is 8.15. The second-order valence-corrected chi connectivity index (χ2v) is 10.0. The first kappa shape index (κ1) is 19.6. The van der Waals surface area contributed by atoms with Gasteiger partial charge in [0.1, 0.15) is 11.5 Å². The molecule has 2 heterocycles. The summed E-state index contributed by atoms with van der Waals surface area (Å²) in [5.74, 6) is 1.41. The number of hydrogen-bond acceptors (Lipinski definition) is 4. The van der Waals surface area contributed by atoms with E-state index in [0.717, 1.165) is 37.1 Å². The van der Waals surface area contributed by atoms with Crippen LogP contribution in [-0.4, -0.2) is 24.4 Å². The fourth-order valence-corrected chi connectivity index (χ4v) is 6.33. The van der Waals surface area contributed by atoms with E-state index in [4.69, 9.17) is 4.52 Å². The van der Waals surface area contributed by atoms with Crippen molar-refractivity contribution in [3.63, 3.8) is 0 Å². The van der Waals surface area contributed by atoms with Gasteiger partial charge in [0, 0.05) is 19.0 Å². The van der Waals surface area contributed by atoms with Gasteiger partial charge in [0.2, 0.25) is 10.0 Å². The Kier molecular flexibility index (Phi) is 5.88. The molecule has 4 rings (SSSR count). The number of sulfonamides is 1. The van der Waals surface area contributed by atoms with Crippen LogP contribution in [0.4, 0.5) is 0 Å². The monoisotopic (exact) mass is 402 g/mol. The molecule has 0 bridgehead atoms. The molecule has 1 saturated carbocycles. The smallest absolute Gasteiger partial charge is 0.243 e. The summed E-state index contributed by atoms with van der Waals surface area (Å²) in [5.41, 5.74) is 2.01. The summed E-state index contributed by atoms with van der Waals surface area (Å²) in [5, 5.41) is 4.17. The van der Waals surface area contributed by atoms with Gasteiger partial charge in [0.25, 0.3) is 0 Å². The van der Waals surface area contributed by atoms with Crippen molar-refractivity contribution in [1.82, 2.24) is 9.46 Å². The highest BCUT2D eigenvalue weighted by molar-refractivity contribution is 7.89. The lowest BCUT2D eigenvalue weighted by atomic mass is 9.84. The predicted molar refractivity (Wildman–Crippen MR) is 109 cm³/mol. The van der Waals surface area contributed by atoms with Crippen LogP contribution in [0.2, 0.25) is 0 Å². The van der Waals surface area contributed by atoms with Gasteiger partial charge in [0.05, 0.1) is 10.9 Å². The van der Waals surface area contributed by atoms with Crippen molar-refractivity contribution in [2.75, 3.05) is 6.54 Å². The summed E-state index contributed by atoms with van der Waals surface area (Å²) < 4.78 is 33.6. The van der Waals surface area contributed by atoms with Gasteiger partial charge in [-0.2, -0.15) is 4.31 Å². The van der Waals surface area contributed by atoms with Crippen molar-refractivity contribution < 1.29 is 12.9 Å². The van der Waals surface area contributed by atoms with Crippen LogP contribution in [0.1, 0.15) is 87.3 Å². The Balaban J connectivity index is 1.54. The molecule has 1 unspecified atom stereocenters. The first-order chi connectivity index (χ1) is 13.6. The van der Waals surface area contributed by atoms with Gasteiger partial charge in [-0.15, -0.1) is 0 Å². The Hall–Kier alpha value is -1.66. The molecule has 1 saturated heterocycles. The van der Waals surface area contributed by atoms with E-state index in [-0.39, 0.29) is 6.04 Å². The maximum atomic E-state index is 13.3. The van der Waals surface area contributed by atoms with Crippen LogP contribution in [0.5, 0.6) is 0 Å². The lowest BCUT2D eigenvalue weighted by Crippen LogP contribution is -2.30. The van der Waals surface area contributed by atoms with E-state index < -0.39 is 10.0 Å². The fraction of sp³-hybridized carbons (Fsp3) is 0.591. The molecule has 5 nitrogen and oxygen atoms in total. The van der Waals surface area contributed by atoms with Crippen molar-refractivity contribution >= 4 is 10.0 Å². The third-order valence-corrected chi connectivity index (χ3v) is 8.10. The Morgan fingerprint density at radius 1 is 1.07 bits per heavy atom. The number of benzene rings is 1. The van der Waals surface area contributed by atoms with Crippen molar-refractivity contribution in [3.8, 4) is 0 Å². The molecule has 1 aliphatic carbocycles. The van der Waals surface area contributed by atoms with E-state index in [1.54, 1.807) is 16.4 Å². The van der Waals surface area contributed by atoms with E-state index in [9.17, 15) is 8.42 Å². The minimum Gasteiger partial charge on any atom is -0.361 e. The predicted octanol–water partition coefficient (Wildman–Crippen LogP) is 5.20. The standard InChI is InChI=1S/C22H30N2O3S/c1-2-7-19-16-21(23-27-19)22-10-6-15-24(22)28(25,26)20-13-11-18(12-14-20)17-8-4-3-5-9-17/h11-14,16-17,22H,2-10,15H2,1H3. The van der Waals surface area contributed by atoms with E-state index >= 15 is 0 Å². The van der Waals surface area contributed by atoms with Crippen LogP contribution in [-0.2, 0) is 16.4 Å². The van der Waals surface area contributed by atoms with Crippen LogP contribution in [0, 0.1) is 0 Å². The Bertz CT molecular complexity index is 883. The van der Waals surface area contributed by atoms with Crippen molar-refractivity contribution in [2.45, 2.75) is 81.6 Å². The summed E-state index contributed by atoms with van der Waals surface area (Å²) in [6.45, 7) is 2.62. The first-order valence-electron chi connectivity index (χ1n) is 10.7. The maximum Gasteiger partial charge on any atom is 0.243 e. The molecule has 0 radical (unpaired) electrons. The van der Waals surface area contributed by atoms with Gasteiger partial charge >= 0.3 is 0 Å². The fourth-order valence-electron chi connectivity index (χ4n) is 4.66. The highest BCUT2D eigenvalue weighted by Crippen LogP contribution is 2.37. The lowest BCUT2D eigenvalue weighted by Gasteiger charge is -2.24. The average Bonchev–Trinajstić information content (AvgIpc) is 3.39. The minimum atomic E-state index is -3.53. The topological polar surface area (TPSA) is 63.4 Å². The molecule has 28 heavy (non-hydrogen) atoms. The molecule has 1 aromatic carbocycles. The molecule has 1 aliphatic heterocycles. The SMILES string of the molecule is CCCc1cc(C2CCCN2S(=O)(=O)c2ccc(C3CCCCC3)cc2)no1. The van der Waals surface area contributed by atoms with Gasteiger partial charge in [-0.1, -0.05) is 43.5 Å². The highest BCUT2D eigenvalue weighted by Gasteiger charge is 2.38. The summed E-state index contributed by atoms with van der Waals surface area (Å²) in [7, 11) is -3.53. The van der Waals surface area contributed by atoms with Crippen LogP contribution >= 0.6 is 0 Å². The molecule has 2 aromatic rings. The maximum absolute atomic E-state index is 13.3. The molecule has 2 aliphatic rings. The largest absolute Gasteiger partial charge is 0.361 e. The number of rotatable bonds is 6. The highest BCUT2D eigenvalue weighted by atomic mass is 32.2. The molecule has 6 heteroatoms. The van der Waals surface area contributed by atoms with Crippen LogP contribution in [0.3, 0.4) is 0 Å². The third-order valence-electron chi connectivity index (χ3n) is 6.18. The van der Waals surface area contributed by atoms with Crippen LogP contribution in [0.25, 0.3) is 0 Å². The molecule has 0 N–H and O–H groups in total. The number of aryl methyl sites for hydroxylation is 1. The van der Waals surface area contributed by atoms with Gasteiger partial charge in [-0.3, -0.25) is 0 Å². The summed E-state index contributed by atoms with van der Waals surface area (Å²) in [6.07, 6.45) is 9.75. The van der Waals surface area contributed by atoms with E-state index in [1.165, 1.54) is 37.7 Å². The zero-order chi connectivity index (χ0) is 19.6. The zero-order valence-electron chi connectivity index (χ0n) is 16.6. The van der Waals surface area contributed by atoms with Gasteiger partial charge in [-0.05, 0) is 55.7 Å². The van der Waals surface area contributed by atoms with Gasteiger partial charge < -0.3 is 4.52 Å². The Labute approximate surface area is 168 Å². The number of hydrogen-bond donors (Lipinski definition) is 0. The van der Waals surface area contributed by atoms with E-state index in [1.807, 2.05) is 18.2 Å². The molecule has 152 valence electrons. The molecule has 0 amide bonds. The number of aromatic nitrogens is 1. The second kappa shape index (κ2) is 8.37. The Morgan fingerprint density at radius 3 is 2.54 bits per heavy atom. The van der Waals surface area contributed by atoms with Crippen molar-refractivity contribution in [2.24, 2.45) is 0 Å².